The fourth-order valence-electron chi connectivity index (χ4n) is 2.76. The number of carbonyl (C=O) groups is 2. The molecule has 0 atom stereocenters. The van der Waals surface area contributed by atoms with E-state index < -0.39 is 5.91 Å². The van der Waals surface area contributed by atoms with Crippen LogP contribution in [0, 0.1) is 5.92 Å². The summed E-state index contributed by atoms with van der Waals surface area (Å²) in [6, 6.07) is 6.65. The summed E-state index contributed by atoms with van der Waals surface area (Å²) < 4.78 is 0. The minimum atomic E-state index is -0.504. The molecule has 1 aliphatic heterocycles. The Balaban J connectivity index is 1.95. The minimum Gasteiger partial charge on any atom is -0.366 e. The topological polar surface area (TPSA) is 75.4 Å². The number of nitrogens with one attached hydrogen (secondary N) is 1. The first-order valence-electron chi connectivity index (χ1n) is 7.45. The molecule has 1 fully saturated rings. The Morgan fingerprint density at radius 1 is 1.29 bits per heavy atom. The lowest BCUT2D eigenvalue weighted by atomic mass is 9.93. The minimum absolute atomic E-state index is 0.00911. The third kappa shape index (κ3) is 4.04. The van der Waals surface area contributed by atoms with E-state index in [1.165, 1.54) is 0 Å². The fourth-order valence-corrected chi connectivity index (χ4v) is 2.76. The van der Waals surface area contributed by atoms with Crippen LogP contribution in [0.2, 0.25) is 0 Å². The van der Waals surface area contributed by atoms with Crippen molar-refractivity contribution in [3.05, 3.63) is 35.4 Å². The Morgan fingerprint density at radius 2 is 1.95 bits per heavy atom. The monoisotopic (exact) mass is 289 g/mol. The number of nitrogens with two attached hydrogens (primary N) is 1. The highest BCUT2D eigenvalue weighted by Crippen LogP contribution is 2.21. The van der Waals surface area contributed by atoms with Crippen LogP contribution in [0.5, 0.6) is 0 Å². The maximum atomic E-state index is 12.5. The second-order valence-corrected chi connectivity index (χ2v) is 5.57. The average molecular weight is 289 g/mol. The van der Waals surface area contributed by atoms with E-state index in [1.54, 1.807) is 24.3 Å². The van der Waals surface area contributed by atoms with Crippen LogP contribution in [-0.4, -0.2) is 43.4 Å². The van der Waals surface area contributed by atoms with Crippen molar-refractivity contribution in [2.45, 2.75) is 19.3 Å². The lowest BCUT2D eigenvalue weighted by Gasteiger charge is -2.32. The maximum Gasteiger partial charge on any atom is 0.253 e. The molecule has 21 heavy (non-hydrogen) atoms. The first-order chi connectivity index (χ1) is 10.1. The third-order valence-electron chi connectivity index (χ3n) is 4.10. The molecule has 114 valence electrons. The molecule has 0 saturated carbocycles. The first-order valence-corrected chi connectivity index (χ1v) is 7.45. The lowest BCUT2D eigenvalue weighted by Crippen LogP contribution is -2.39. The highest BCUT2D eigenvalue weighted by Gasteiger charge is 2.23. The van der Waals surface area contributed by atoms with Crippen molar-refractivity contribution in [2.75, 3.05) is 26.7 Å². The van der Waals surface area contributed by atoms with Crippen molar-refractivity contribution in [3.8, 4) is 0 Å². The smallest absolute Gasteiger partial charge is 0.253 e. The van der Waals surface area contributed by atoms with Crippen LogP contribution in [0.25, 0.3) is 0 Å². The predicted octanol–water partition coefficient (Wildman–Crippen LogP) is 1.25. The van der Waals surface area contributed by atoms with Gasteiger partial charge in [-0.25, -0.2) is 0 Å². The quantitative estimate of drug-likeness (QED) is 0.856. The molecule has 1 saturated heterocycles. The summed E-state index contributed by atoms with van der Waals surface area (Å²) in [5.41, 5.74) is 6.18. The van der Waals surface area contributed by atoms with Crippen molar-refractivity contribution in [1.82, 2.24) is 10.2 Å². The van der Waals surface area contributed by atoms with Gasteiger partial charge in [-0.15, -0.1) is 0 Å². The van der Waals surface area contributed by atoms with Crippen molar-refractivity contribution in [3.63, 3.8) is 0 Å². The summed E-state index contributed by atoms with van der Waals surface area (Å²) in [6.07, 6.45) is 3.25. The van der Waals surface area contributed by atoms with Gasteiger partial charge in [-0.2, -0.15) is 0 Å². The lowest BCUT2D eigenvalue weighted by molar-refractivity contribution is 0.0687. The van der Waals surface area contributed by atoms with Crippen LogP contribution in [0.3, 0.4) is 0 Å². The Bertz CT molecular complexity index is 508. The summed E-state index contributed by atoms with van der Waals surface area (Å²) in [7, 11) is 1.96. The fraction of sp³-hybridized carbons (Fsp3) is 0.500. The molecular weight excluding hydrogens is 266 g/mol. The summed E-state index contributed by atoms with van der Waals surface area (Å²) in [5, 5.41) is 3.17. The van der Waals surface area contributed by atoms with E-state index in [-0.39, 0.29) is 5.91 Å². The van der Waals surface area contributed by atoms with Gasteiger partial charge in [-0.1, -0.05) is 6.07 Å². The van der Waals surface area contributed by atoms with Gasteiger partial charge in [-0.05, 0) is 57.0 Å². The van der Waals surface area contributed by atoms with Gasteiger partial charge in [0.25, 0.3) is 5.91 Å². The predicted molar refractivity (Wildman–Crippen MR) is 82.1 cm³/mol. The molecule has 0 radical (unpaired) electrons. The molecule has 2 amide bonds. The molecule has 5 heteroatoms. The highest BCUT2D eigenvalue weighted by atomic mass is 16.2. The first kappa shape index (κ1) is 15.5. The number of benzene rings is 1. The SMILES string of the molecule is CNCCC1CCN(C(=O)c2cccc(C(N)=O)c2)CC1. The Labute approximate surface area is 125 Å². The zero-order valence-electron chi connectivity index (χ0n) is 12.5. The average Bonchev–Trinajstić information content (AvgIpc) is 2.53. The number of carbonyl (C=O) groups excluding carboxylic acids is 2. The van der Waals surface area contributed by atoms with E-state index >= 15 is 0 Å². The van der Waals surface area contributed by atoms with Gasteiger partial charge in [-0.3, -0.25) is 9.59 Å². The summed E-state index contributed by atoms with van der Waals surface area (Å²) in [6.45, 7) is 2.60. The molecule has 0 bridgehead atoms. The van der Waals surface area contributed by atoms with Crippen molar-refractivity contribution in [2.24, 2.45) is 11.7 Å². The molecule has 0 spiro atoms. The van der Waals surface area contributed by atoms with Crippen molar-refractivity contribution < 1.29 is 9.59 Å². The van der Waals surface area contributed by atoms with Gasteiger partial charge in [0, 0.05) is 24.2 Å². The molecule has 1 aromatic carbocycles. The van der Waals surface area contributed by atoms with E-state index in [0.717, 1.165) is 38.9 Å². The molecule has 1 heterocycles. The molecular formula is C16H23N3O2. The van der Waals surface area contributed by atoms with Crippen molar-refractivity contribution in [1.29, 1.82) is 0 Å². The van der Waals surface area contributed by atoms with E-state index in [4.69, 9.17) is 5.73 Å². The molecule has 0 aliphatic carbocycles. The normalized spacial score (nSPS) is 16.0. The molecule has 2 rings (SSSR count). The Kier molecular flexibility index (Phi) is 5.33. The van der Waals surface area contributed by atoms with Crippen LogP contribution in [0.15, 0.2) is 24.3 Å². The zero-order chi connectivity index (χ0) is 15.2. The number of likely N-dealkylation sites (tertiary alicyclic amines) is 1. The van der Waals surface area contributed by atoms with Crippen LogP contribution in [0.4, 0.5) is 0 Å². The number of primary amides is 1. The van der Waals surface area contributed by atoms with Crippen LogP contribution in [0.1, 0.15) is 40.0 Å². The van der Waals surface area contributed by atoms with Gasteiger partial charge in [0.2, 0.25) is 5.91 Å². The van der Waals surface area contributed by atoms with Crippen LogP contribution in [-0.2, 0) is 0 Å². The number of amides is 2. The highest BCUT2D eigenvalue weighted by molar-refractivity contribution is 5.99. The summed E-state index contributed by atoms with van der Waals surface area (Å²) in [5.74, 6) is 0.180. The number of rotatable bonds is 5. The van der Waals surface area contributed by atoms with E-state index in [9.17, 15) is 9.59 Å². The van der Waals surface area contributed by atoms with E-state index in [2.05, 4.69) is 5.32 Å². The van der Waals surface area contributed by atoms with E-state index in [0.29, 0.717) is 17.0 Å². The molecule has 5 nitrogen and oxygen atoms in total. The second-order valence-electron chi connectivity index (χ2n) is 5.57. The Hall–Kier alpha value is -1.88. The van der Waals surface area contributed by atoms with E-state index in [1.807, 2.05) is 11.9 Å². The standard InChI is InChI=1S/C16H23N3O2/c1-18-8-5-12-6-9-19(10-7-12)16(21)14-4-2-3-13(11-14)15(17)20/h2-4,11-12,18H,5-10H2,1H3,(H2,17,20). The van der Waals surface area contributed by atoms with Gasteiger partial charge in [0.15, 0.2) is 0 Å². The van der Waals surface area contributed by atoms with Gasteiger partial charge in [0.05, 0.1) is 0 Å². The van der Waals surface area contributed by atoms with Crippen molar-refractivity contribution >= 4 is 11.8 Å². The molecule has 1 aliphatic rings. The molecule has 0 unspecified atom stereocenters. The largest absolute Gasteiger partial charge is 0.366 e. The maximum absolute atomic E-state index is 12.5. The third-order valence-corrected chi connectivity index (χ3v) is 4.10. The number of nitrogens with zero attached hydrogens (tertiary/aromatic N) is 1. The van der Waals surface area contributed by atoms with Crippen LogP contribution >= 0.6 is 0 Å². The van der Waals surface area contributed by atoms with Gasteiger partial charge >= 0.3 is 0 Å². The summed E-state index contributed by atoms with van der Waals surface area (Å²) >= 11 is 0. The molecule has 1 aromatic rings. The second kappa shape index (κ2) is 7.22. The molecule has 0 aromatic heterocycles. The van der Waals surface area contributed by atoms with Gasteiger partial charge in [0.1, 0.15) is 0 Å². The number of hydrogen-bond acceptors (Lipinski definition) is 3. The summed E-state index contributed by atoms with van der Waals surface area (Å²) in [4.78, 5) is 25.5. The Morgan fingerprint density at radius 3 is 2.57 bits per heavy atom. The molecule has 3 N–H and O–H groups in total. The zero-order valence-corrected chi connectivity index (χ0v) is 12.5. The van der Waals surface area contributed by atoms with Crippen LogP contribution < -0.4 is 11.1 Å². The van der Waals surface area contributed by atoms with Gasteiger partial charge < -0.3 is 16.0 Å². The number of hydrogen-bond donors (Lipinski definition) is 2. The number of piperidine rings is 1.